The molecule has 1 N–H and O–H groups in total. The lowest BCUT2D eigenvalue weighted by Gasteiger charge is -2.12. The van der Waals surface area contributed by atoms with Crippen LogP contribution in [0.2, 0.25) is 0 Å². The maximum absolute atomic E-state index is 12.1. The summed E-state index contributed by atoms with van der Waals surface area (Å²) in [5.74, 6) is -0.874. The topological polar surface area (TPSA) is 63.6 Å². The Bertz CT molecular complexity index is 459. The van der Waals surface area contributed by atoms with Crippen LogP contribution in [-0.2, 0) is 4.79 Å². The van der Waals surface area contributed by atoms with Crippen LogP contribution in [0.4, 0.5) is 0 Å². The van der Waals surface area contributed by atoms with E-state index >= 15 is 0 Å². The molecular weight excluding hydrogens is 368 g/mol. The fourth-order valence-corrected chi connectivity index (χ4v) is 2.28. The van der Waals surface area contributed by atoms with Crippen LogP contribution in [0.25, 0.3) is 0 Å². The molecule has 0 bridgehead atoms. The van der Waals surface area contributed by atoms with Gasteiger partial charge in [-0.1, -0.05) is 31.9 Å². The summed E-state index contributed by atoms with van der Waals surface area (Å²) in [6.45, 7) is 2.26. The van der Waals surface area contributed by atoms with Crippen LogP contribution in [0.3, 0.4) is 0 Å². The minimum Gasteiger partial charge on any atom is -0.493 e. The van der Waals surface area contributed by atoms with Crippen molar-refractivity contribution in [2.75, 3.05) is 6.61 Å². The summed E-state index contributed by atoms with van der Waals surface area (Å²) in [5, 5.41) is 8.68. The van der Waals surface area contributed by atoms with Gasteiger partial charge in [-0.15, -0.1) is 0 Å². The summed E-state index contributed by atoms with van der Waals surface area (Å²) in [5.41, 5.74) is 0.370. The van der Waals surface area contributed by atoms with Gasteiger partial charge in [-0.25, -0.2) is 0 Å². The lowest BCUT2D eigenvalue weighted by Crippen LogP contribution is -2.19. The zero-order chi connectivity index (χ0) is 13.7. The predicted octanol–water partition coefficient (Wildman–Crippen LogP) is 3.27. The third-order valence-electron chi connectivity index (χ3n) is 2.15. The van der Waals surface area contributed by atoms with Crippen LogP contribution < -0.4 is 4.74 Å². The molecule has 1 aromatic carbocycles. The lowest BCUT2D eigenvalue weighted by molar-refractivity contribution is -0.136. The van der Waals surface area contributed by atoms with E-state index in [1.54, 1.807) is 18.2 Å². The molecule has 18 heavy (non-hydrogen) atoms. The number of halogens is 2. The van der Waals surface area contributed by atoms with E-state index in [1.807, 2.05) is 6.92 Å². The molecule has 0 aromatic heterocycles. The number of ketones is 1. The highest BCUT2D eigenvalue weighted by Crippen LogP contribution is 2.26. The highest BCUT2D eigenvalue weighted by Gasteiger charge is 2.23. The van der Waals surface area contributed by atoms with Gasteiger partial charge in [-0.3, -0.25) is 9.59 Å². The molecule has 0 aliphatic carbocycles. The van der Waals surface area contributed by atoms with Crippen molar-refractivity contribution in [1.82, 2.24) is 0 Å². The Hall–Kier alpha value is -0.880. The first-order valence-corrected chi connectivity index (χ1v) is 6.99. The Labute approximate surface area is 122 Å². The fraction of sp³-hybridized carbons (Fsp3) is 0.333. The number of ether oxygens (including phenoxy) is 1. The van der Waals surface area contributed by atoms with Crippen molar-refractivity contribution in [3.63, 3.8) is 0 Å². The van der Waals surface area contributed by atoms with Crippen LogP contribution in [0.15, 0.2) is 22.7 Å². The molecule has 4 nitrogen and oxygen atoms in total. The monoisotopic (exact) mass is 378 g/mol. The van der Waals surface area contributed by atoms with Crippen LogP contribution in [0, 0.1) is 0 Å². The fourth-order valence-electron chi connectivity index (χ4n) is 1.39. The number of hydrogen-bond donors (Lipinski definition) is 1. The van der Waals surface area contributed by atoms with E-state index in [2.05, 4.69) is 31.9 Å². The smallest absolute Gasteiger partial charge is 0.304 e. The number of carbonyl (C=O) groups excluding carboxylic acids is 1. The van der Waals surface area contributed by atoms with Crippen LogP contribution in [-0.4, -0.2) is 28.3 Å². The van der Waals surface area contributed by atoms with Crippen LogP contribution in [0.5, 0.6) is 5.75 Å². The Morgan fingerprint density at radius 1 is 1.44 bits per heavy atom. The van der Waals surface area contributed by atoms with Gasteiger partial charge < -0.3 is 9.84 Å². The molecule has 0 aliphatic rings. The van der Waals surface area contributed by atoms with E-state index in [0.717, 1.165) is 4.47 Å². The largest absolute Gasteiger partial charge is 0.493 e. The molecular formula is C12H12Br2O4. The zero-order valence-corrected chi connectivity index (χ0v) is 12.8. The van der Waals surface area contributed by atoms with Crippen LogP contribution in [0.1, 0.15) is 23.7 Å². The molecule has 0 spiro atoms. The van der Waals surface area contributed by atoms with Gasteiger partial charge in [0.15, 0.2) is 5.78 Å². The Kier molecular flexibility index (Phi) is 5.81. The van der Waals surface area contributed by atoms with Crippen LogP contribution >= 0.6 is 31.9 Å². The number of carbonyl (C=O) groups is 2. The molecule has 1 atom stereocenters. The summed E-state index contributed by atoms with van der Waals surface area (Å²) < 4.78 is 6.10. The molecule has 0 heterocycles. The van der Waals surface area contributed by atoms with E-state index in [4.69, 9.17) is 9.84 Å². The normalized spacial score (nSPS) is 11.9. The molecule has 0 radical (unpaired) electrons. The number of hydrogen-bond acceptors (Lipinski definition) is 3. The summed E-state index contributed by atoms with van der Waals surface area (Å²) in [7, 11) is 0. The highest BCUT2D eigenvalue weighted by molar-refractivity contribution is 9.10. The molecule has 0 amide bonds. The number of Topliss-reactive ketones (excluding diaryl/α,β-unsaturated/α-hetero) is 1. The van der Waals surface area contributed by atoms with E-state index < -0.39 is 10.8 Å². The van der Waals surface area contributed by atoms with Gasteiger partial charge in [0.1, 0.15) is 5.75 Å². The summed E-state index contributed by atoms with van der Waals surface area (Å²) >= 11 is 6.37. The second kappa shape index (κ2) is 6.89. The van der Waals surface area contributed by atoms with Crippen molar-refractivity contribution >= 4 is 43.6 Å². The van der Waals surface area contributed by atoms with Gasteiger partial charge in [-0.2, -0.15) is 0 Å². The van der Waals surface area contributed by atoms with Gasteiger partial charge in [0.25, 0.3) is 0 Å². The van der Waals surface area contributed by atoms with Gasteiger partial charge in [0.2, 0.25) is 0 Å². The first-order chi connectivity index (χ1) is 8.45. The third-order valence-corrected chi connectivity index (χ3v) is 3.38. The van der Waals surface area contributed by atoms with Gasteiger partial charge >= 0.3 is 5.97 Å². The quantitative estimate of drug-likeness (QED) is 0.608. The maximum Gasteiger partial charge on any atom is 0.304 e. The highest BCUT2D eigenvalue weighted by atomic mass is 79.9. The van der Waals surface area contributed by atoms with Gasteiger partial charge in [-0.05, 0) is 25.1 Å². The molecule has 0 aliphatic heterocycles. The Morgan fingerprint density at radius 3 is 2.67 bits per heavy atom. The molecule has 1 unspecified atom stereocenters. The molecule has 6 heteroatoms. The van der Waals surface area contributed by atoms with Crippen molar-refractivity contribution in [3.8, 4) is 5.75 Å². The second-order valence-electron chi connectivity index (χ2n) is 3.50. The summed E-state index contributed by atoms with van der Waals surface area (Å²) in [6.07, 6.45) is -0.267. The minimum absolute atomic E-state index is 0.267. The lowest BCUT2D eigenvalue weighted by atomic mass is 10.1. The second-order valence-corrected chi connectivity index (χ2v) is 5.52. The van der Waals surface area contributed by atoms with Crippen molar-refractivity contribution in [2.24, 2.45) is 0 Å². The first-order valence-electron chi connectivity index (χ1n) is 5.28. The van der Waals surface area contributed by atoms with E-state index in [-0.39, 0.29) is 12.2 Å². The SMILES string of the molecule is CCOc1ccc(Br)cc1C(=O)C(Br)CC(=O)O. The van der Waals surface area contributed by atoms with E-state index in [1.165, 1.54) is 0 Å². The Balaban J connectivity index is 3.02. The number of rotatable bonds is 6. The minimum atomic E-state index is -1.03. The van der Waals surface area contributed by atoms with Gasteiger partial charge in [0.05, 0.1) is 23.4 Å². The molecule has 0 saturated heterocycles. The number of benzene rings is 1. The Morgan fingerprint density at radius 2 is 2.11 bits per heavy atom. The molecule has 1 rings (SSSR count). The van der Waals surface area contributed by atoms with Crippen molar-refractivity contribution in [3.05, 3.63) is 28.2 Å². The maximum atomic E-state index is 12.1. The molecule has 0 saturated carbocycles. The van der Waals surface area contributed by atoms with Crippen molar-refractivity contribution in [1.29, 1.82) is 0 Å². The van der Waals surface area contributed by atoms with Gasteiger partial charge in [0, 0.05) is 4.47 Å². The van der Waals surface area contributed by atoms with E-state index in [9.17, 15) is 9.59 Å². The zero-order valence-electron chi connectivity index (χ0n) is 9.65. The predicted molar refractivity (Wildman–Crippen MR) is 74.6 cm³/mol. The van der Waals surface area contributed by atoms with Crippen molar-refractivity contribution < 1.29 is 19.4 Å². The molecule has 1 aromatic rings. The van der Waals surface area contributed by atoms with Crippen molar-refractivity contribution in [2.45, 2.75) is 18.2 Å². The van der Waals surface area contributed by atoms with E-state index in [0.29, 0.717) is 17.9 Å². The molecule has 98 valence electrons. The number of alkyl halides is 1. The first kappa shape index (κ1) is 15.2. The average molecular weight is 380 g/mol. The standard InChI is InChI=1S/C12H12Br2O4/c1-2-18-10-4-3-7(13)5-8(10)12(17)9(14)6-11(15)16/h3-5,9H,2,6H2,1H3,(H,15,16). The summed E-state index contributed by atoms with van der Waals surface area (Å²) in [6, 6.07) is 5.08. The average Bonchev–Trinajstić information content (AvgIpc) is 2.30. The molecule has 0 fully saturated rings. The number of carboxylic acids is 1. The third kappa shape index (κ3) is 4.10. The number of carboxylic acid groups (broad SMARTS) is 1. The summed E-state index contributed by atoms with van der Waals surface area (Å²) in [4.78, 5) is 22.0. The number of aliphatic carboxylic acids is 1.